The zero-order valence-corrected chi connectivity index (χ0v) is 18.7. The molecule has 2 atom stereocenters. The topological polar surface area (TPSA) is 89.2 Å². The Kier molecular flexibility index (Phi) is 5.60. The van der Waals surface area contributed by atoms with Crippen molar-refractivity contribution in [3.8, 4) is 5.75 Å². The molecule has 0 aliphatic carbocycles. The smallest absolute Gasteiger partial charge is 0.290 e. The van der Waals surface area contributed by atoms with E-state index in [0.717, 1.165) is 12.8 Å². The van der Waals surface area contributed by atoms with Crippen LogP contribution in [-0.2, 0) is 9.53 Å². The Labute approximate surface area is 195 Å². The molecule has 1 aromatic heterocycles. The number of benzene rings is 2. The predicted octanol–water partition coefficient (Wildman–Crippen LogP) is 4.85. The summed E-state index contributed by atoms with van der Waals surface area (Å²) in [4.78, 5) is 28.2. The molecule has 0 bridgehead atoms. The van der Waals surface area contributed by atoms with Gasteiger partial charge >= 0.3 is 0 Å². The van der Waals surface area contributed by atoms with E-state index in [9.17, 15) is 14.7 Å². The van der Waals surface area contributed by atoms with Gasteiger partial charge in [0.15, 0.2) is 11.5 Å². The maximum absolute atomic E-state index is 13.6. The normalized spacial score (nSPS) is 20.8. The van der Waals surface area contributed by atoms with Crippen molar-refractivity contribution in [2.45, 2.75) is 25.0 Å². The molecule has 3 heterocycles. The van der Waals surface area contributed by atoms with E-state index in [1.165, 1.54) is 4.90 Å². The Hall–Kier alpha value is -3.29. The third-order valence-corrected chi connectivity index (χ3v) is 6.32. The van der Waals surface area contributed by atoms with E-state index in [1.807, 2.05) is 0 Å². The van der Waals surface area contributed by atoms with E-state index in [-0.39, 0.29) is 24.0 Å². The summed E-state index contributed by atoms with van der Waals surface area (Å²) < 4.78 is 16.8. The van der Waals surface area contributed by atoms with E-state index in [4.69, 9.17) is 25.5 Å². The first kappa shape index (κ1) is 21.6. The molecule has 1 amide bonds. The average Bonchev–Trinajstić information content (AvgIpc) is 3.54. The van der Waals surface area contributed by atoms with Crippen molar-refractivity contribution in [1.29, 1.82) is 0 Å². The molecular formula is C25H22ClNO6. The SMILES string of the molecule is COc1cccc(C2C(C(=O)c3cc4cc(Cl)ccc4o3)=C(O)C(=O)N2CC2CCCO2)c1. The fraction of sp³-hybridized carbons (Fsp3) is 0.280. The third-order valence-electron chi connectivity index (χ3n) is 6.08. The number of methoxy groups -OCH3 is 1. The quantitative estimate of drug-likeness (QED) is 0.521. The lowest BCUT2D eigenvalue weighted by Gasteiger charge is -2.29. The Bertz CT molecular complexity index is 1270. The van der Waals surface area contributed by atoms with Crippen LogP contribution < -0.4 is 4.74 Å². The van der Waals surface area contributed by atoms with E-state index in [1.54, 1.807) is 55.6 Å². The minimum atomic E-state index is -0.805. The van der Waals surface area contributed by atoms with Gasteiger partial charge < -0.3 is 23.9 Å². The molecule has 2 aliphatic rings. The van der Waals surface area contributed by atoms with Crippen LogP contribution in [0.4, 0.5) is 0 Å². The molecule has 8 heteroatoms. The highest BCUT2D eigenvalue weighted by molar-refractivity contribution is 6.31. The highest BCUT2D eigenvalue weighted by Gasteiger charge is 2.45. The first-order chi connectivity index (χ1) is 16.0. The monoisotopic (exact) mass is 467 g/mol. The lowest BCUT2D eigenvalue weighted by molar-refractivity contribution is -0.131. The van der Waals surface area contributed by atoms with Gasteiger partial charge in [-0.1, -0.05) is 23.7 Å². The van der Waals surface area contributed by atoms with Crippen molar-refractivity contribution in [3.05, 3.63) is 76.2 Å². The maximum Gasteiger partial charge on any atom is 0.290 e. The predicted molar refractivity (Wildman–Crippen MR) is 122 cm³/mol. The number of fused-ring (bicyclic) bond motifs is 1. The summed E-state index contributed by atoms with van der Waals surface area (Å²) >= 11 is 6.06. The van der Waals surface area contributed by atoms with Gasteiger partial charge in [0.05, 0.1) is 24.8 Å². The number of carbonyl (C=O) groups is 2. The second kappa shape index (κ2) is 8.57. The summed E-state index contributed by atoms with van der Waals surface area (Å²) in [7, 11) is 1.54. The fourth-order valence-electron chi connectivity index (χ4n) is 4.50. The van der Waals surface area contributed by atoms with Gasteiger partial charge in [0, 0.05) is 23.6 Å². The van der Waals surface area contributed by atoms with Crippen molar-refractivity contribution in [1.82, 2.24) is 4.90 Å². The molecule has 2 aromatic carbocycles. The highest BCUT2D eigenvalue weighted by Crippen LogP contribution is 2.41. The molecule has 1 N–H and O–H groups in total. The second-order valence-corrected chi connectivity index (χ2v) is 8.59. The minimum Gasteiger partial charge on any atom is -0.503 e. The van der Waals surface area contributed by atoms with E-state index in [2.05, 4.69) is 0 Å². The summed E-state index contributed by atoms with van der Waals surface area (Å²) in [5.41, 5.74) is 1.10. The number of hydrogen-bond acceptors (Lipinski definition) is 6. The summed E-state index contributed by atoms with van der Waals surface area (Å²) in [5.74, 6) is -1.15. The first-order valence-electron chi connectivity index (χ1n) is 10.7. The van der Waals surface area contributed by atoms with Crippen LogP contribution in [0.2, 0.25) is 5.02 Å². The van der Waals surface area contributed by atoms with Crippen LogP contribution in [-0.4, -0.2) is 48.1 Å². The maximum atomic E-state index is 13.6. The van der Waals surface area contributed by atoms with Crippen LogP contribution in [0.15, 0.2) is 64.3 Å². The minimum absolute atomic E-state index is 0.0217. The molecule has 7 nitrogen and oxygen atoms in total. The van der Waals surface area contributed by atoms with Gasteiger partial charge in [-0.25, -0.2) is 0 Å². The Balaban J connectivity index is 1.58. The molecule has 170 valence electrons. The molecule has 1 fully saturated rings. The Morgan fingerprint density at radius 3 is 2.85 bits per heavy atom. The van der Waals surface area contributed by atoms with Crippen molar-refractivity contribution >= 4 is 34.3 Å². The number of carbonyl (C=O) groups excluding carboxylic acids is 2. The van der Waals surface area contributed by atoms with Crippen LogP contribution in [0, 0.1) is 0 Å². The standard InChI is InChI=1S/C25H22ClNO6/c1-31-17-5-2-4-14(11-17)22-21(24(29)25(30)27(22)13-18-6-3-9-32-18)23(28)20-12-15-10-16(26)7-8-19(15)33-20/h2,4-5,7-8,10-12,18,22,29H,3,6,9,13H2,1H3. The van der Waals surface area contributed by atoms with Gasteiger partial charge in [0.1, 0.15) is 11.3 Å². The van der Waals surface area contributed by atoms with Crippen LogP contribution >= 0.6 is 11.6 Å². The van der Waals surface area contributed by atoms with Crippen molar-refractivity contribution in [3.63, 3.8) is 0 Å². The number of aliphatic hydroxyl groups excluding tert-OH is 1. The second-order valence-electron chi connectivity index (χ2n) is 8.16. The summed E-state index contributed by atoms with van der Waals surface area (Å²) in [6.07, 6.45) is 1.56. The molecule has 5 rings (SSSR count). The van der Waals surface area contributed by atoms with Gasteiger partial charge in [-0.3, -0.25) is 9.59 Å². The van der Waals surface area contributed by atoms with E-state index in [0.29, 0.717) is 33.9 Å². The fourth-order valence-corrected chi connectivity index (χ4v) is 4.68. The van der Waals surface area contributed by atoms with Crippen molar-refractivity contribution in [2.75, 3.05) is 20.3 Å². The number of amides is 1. The number of rotatable bonds is 6. The highest BCUT2D eigenvalue weighted by atomic mass is 35.5. The molecule has 0 spiro atoms. The van der Waals surface area contributed by atoms with Crippen LogP contribution in [0.3, 0.4) is 0 Å². The first-order valence-corrected chi connectivity index (χ1v) is 11.1. The van der Waals surface area contributed by atoms with Gasteiger partial charge in [-0.05, 0) is 54.8 Å². The molecule has 33 heavy (non-hydrogen) atoms. The number of hydrogen-bond donors (Lipinski definition) is 1. The lowest BCUT2D eigenvalue weighted by atomic mass is 9.94. The molecule has 2 aliphatic heterocycles. The number of ketones is 1. The average molecular weight is 468 g/mol. The number of furan rings is 1. The molecule has 0 radical (unpaired) electrons. The number of aliphatic hydroxyl groups is 1. The zero-order chi connectivity index (χ0) is 23.1. The van der Waals surface area contributed by atoms with Gasteiger partial charge in [-0.15, -0.1) is 0 Å². The van der Waals surface area contributed by atoms with Gasteiger partial charge in [0.2, 0.25) is 5.78 Å². The van der Waals surface area contributed by atoms with Crippen molar-refractivity contribution in [2.24, 2.45) is 0 Å². The Morgan fingerprint density at radius 1 is 1.24 bits per heavy atom. The largest absolute Gasteiger partial charge is 0.503 e. The van der Waals surface area contributed by atoms with E-state index < -0.39 is 23.5 Å². The van der Waals surface area contributed by atoms with Crippen LogP contribution in [0.25, 0.3) is 11.0 Å². The number of Topliss-reactive ketones (excluding diaryl/α,β-unsaturated/α-hetero) is 1. The Morgan fingerprint density at radius 2 is 2.09 bits per heavy atom. The number of halogens is 1. The molecule has 3 aromatic rings. The molecule has 2 unspecified atom stereocenters. The summed E-state index contributed by atoms with van der Waals surface area (Å²) in [6.45, 7) is 0.889. The lowest BCUT2D eigenvalue weighted by Crippen LogP contribution is -2.37. The summed E-state index contributed by atoms with van der Waals surface area (Å²) in [6, 6.07) is 12.9. The molecule has 0 saturated carbocycles. The zero-order valence-electron chi connectivity index (χ0n) is 17.9. The molecule has 1 saturated heterocycles. The third kappa shape index (κ3) is 3.87. The van der Waals surface area contributed by atoms with Gasteiger partial charge in [-0.2, -0.15) is 0 Å². The summed E-state index contributed by atoms with van der Waals surface area (Å²) in [5, 5.41) is 12.0. The number of ether oxygens (including phenoxy) is 2. The van der Waals surface area contributed by atoms with Crippen molar-refractivity contribution < 1.29 is 28.6 Å². The van der Waals surface area contributed by atoms with Gasteiger partial charge in [0.25, 0.3) is 5.91 Å². The number of nitrogens with zero attached hydrogens (tertiary/aromatic N) is 1. The van der Waals surface area contributed by atoms with Crippen LogP contribution in [0.1, 0.15) is 35.0 Å². The van der Waals surface area contributed by atoms with Crippen LogP contribution in [0.5, 0.6) is 5.75 Å². The molecular weight excluding hydrogens is 446 g/mol. The van der Waals surface area contributed by atoms with E-state index >= 15 is 0 Å².